The van der Waals surface area contributed by atoms with Gasteiger partial charge in [-0.05, 0) is 32.0 Å². The van der Waals surface area contributed by atoms with Crippen molar-refractivity contribution in [3.63, 3.8) is 0 Å². The first kappa shape index (κ1) is 16.4. The van der Waals surface area contributed by atoms with Gasteiger partial charge in [0.05, 0.1) is 17.3 Å². The first-order valence-corrected chi connectivity index (χ1v) is 8.59. The van der Waals surface area contributed by atoms with E-state index in [1.165, 1.54) is 6.92 Å². The van der Waals surface area contributed by atoms with Gasteiger partial charge in [0.15, 0.2) is 0 Å². The molecule has 0 aliphatic rings. The highest BCUT2D eigenvalue weighted by Crippen LogP contribution is 2.31. The van der Waals surface area contributed by atoms with Crippen molar-refractivity contribution in [3.8, 4) is 0 Å². The van der Waals surface area contributed by atoms with Crippen LogP contribution in [0.1, 0.15) is 17.1 Å². The van der Waals surface area contributed by atoms with Crippen molar-refractivity contribution in [3.05, 3.63) is 44.8 Å². The first-order valence-electron chi connectivity index (χ1n) is 5.94. The lowest BCUT2D eigenvalue weighted by Crippen LogP contribution is -2.15. The van der Waals surface area contributed by atoms with Crippen LogP contribution in [0.25, 0.3) is 0 Å². The summed E-state index contributed by atoms with van der Waals surface area (Å²) in [5.41, 5.74) is 0.496. The molecule has 0 spiro atoms. The molecule has 1 heterocycles. The number of benzene rings is 1. The molecule has 1 aromatic heterocycles. The second kappa shape index (κ2) is 6.00. The molecule has 114 valence electrons. The second-order valence-electron chi connectivity index (χ2n) is 4.41. The Bertz CT molecular complexity index is 786. The molecule has 0 fully saturated rings. The standard InChI is InChI=1S/C13H13BrClNO4S/c1-7-10(6-17)13(8(2)20-7)21(18,19)16-12-4-3-9(14)5-11(12)15/h3-5,16-17H,6H2,1-2H3. The van der Waals surface area contributed by atoms with E-state index in [1.807, 2.05) is 0 Å². The van der Waals surface area contributed by atoms with Gasteiger partial charge in [-0.15, -0.1) is 0 Å². The number of hydrogen-bond donors (Lipinski definition) is 2. The Balaban J connectivity index is 2.48. The topological polar surface area (TPSA) is 79.5 Å². The fraction of sp³-hybridized carbons (Fsp3) is 0.231. The van der Waals surface area contributed by atoms with Crippen LogP contribution < -0.4 is 4.72 Å². The van der Waals surface area contributed by atoms with Gasteiger partial charge in [-0.3, -0.25) is 4.72 Å². The molecule has 1 aromatic carbocycles. The monoisotopic (exact) mass is 393 g/mol. The number of hydrogen-bond acceptors (Lipinski definition) is 4. The van der Waals surface area contributed by atoms with Crippen molar-refractivity contribution >= 4 is 43.2 Å². The Morgan fingerprint density at radius 3 is 2.57 bits per heavy atom. The zero-order chi connectivity index (χ0) is 15.8. The lowest BCUT2D eigenvalue weighted by atomic mass is 10.2. The van der Waals surface area contributed by atoms with E-state index in [2.05, 4.69) is 20.7 Å². The highest BCUT2D eigenvalue weighted by molar-refractivity contribution is 9.10. The molecule has 0 bridgehead atoms. The molecule has 0 aliphatic heterocycles. The number of sulfonamides is 1. The average Bonchev–Trinajstić information content (AvgIpc) is 2.67. The molecule has 0 unspecified atom stereocenters. The maximum absolute atomic E-state index is 12.5. The molecule has 21 heavy (non-hydrogen) atoms. The van der Waals surface area contributed by atoms with Crippen LogP contribution in [0.15, 0.2) is 32.0 Å². The molecule has 8 heteroatoms. The summed E-state index contributed by atoms with van der Waals surface area (Å²) in [4.78, 5) is -0.0542. The van der Waals surface area contributed by atoms with E-state index in [4.69, 9.17) is 16.0 Å². The minimum absolute atomic E-state index is 0.0542. The molecule has 2 aromatic rings. The Hall–Kier alpha value is -1.02. The van der Waals surface area contributed by atoms with E-state index in [9.17, 15) is 13.5 Å². The summed E-state index contributed by atoms with van der Waals surface area (Å²) in [6.45, 7) is 2.71. The fourth-order valence-electron chi connectivity index (χ4n) is 2.01. The minimum Gasteiger partial charge on any atom is -0.465 e. The summed E-state index contributed by atoms with van der Waals surface area (Å²) < 4.78 is 33.4. The molecule has 0 aliphatic carbocycles. The molecular weight excluding hydrogens is 382 g/mol. The Kier molecular flexibility index (Phi) is 4.67. The molecule has 2 rings (SSSR count). The van der Waals surface area contributed by atoms with Crippen LogP contribution >= 0.6 is 27.5 Å². The summed E-state index contributed by atoms with van der Waals surface area (Å²) >= 11 is 9.26. The average molecular weight is 395 g/mol. The van der Waals surface area contributed by atoms with Gasteiger partial charge in [-0.2, -0.15) is 0 Å². The van der Waals surface area contributed by atoms with E-state index in [0.717, 1.165) is 4.47 Å². The normalized spacial score (nSPS) is 11.7. The zero-order valence-corrected chi connectivity index (χ0v) is 14.4. The van der Waals surface area contributed by atoms with Crippen molar-refractivity contribution < 1.29 is 17.9 Å². The predicted molar refractivity (Wildman–Crippen MR) is 84.1 cm³/mol. The van der Waals surface area contributed by atoms with E-state index < -0.39 is 16.6 Å². The van der Waals surface area contributed by atoms with Gasteiger partial charge in [0.1, 0.15) is 16.4 Å². The van der Waals surface area contributed by atoms with Crippen LogP contribution in [-0.2, 0) is 16.6 Å². The fourth-order valence-corrected chi connectivity index (χ4v) is 4.31. The number of halogens is 2. The van der Waals surface area contributed by atoms with Gasteiger partial charge in [-0.25, -0.2) is 8.42 Å². The smallest absolute Gasteiger partial charge is 0.265 e. The summed E-state index contributed by atoms with van der Waals surface area (Å²) in [6.07, 6.45) is 0. The van der Waals surface area contributed by atoms with E-state index in [-0.39, 0.29) is 26.9 Å². The molecule has 0 saturated carbocycles. The molecular formula is C13H13BrClNO4S. The van der Waals surface area contributed by atoms with Crippen LogP contribution in [-0.4, -0.2) is 13.5 Å². The Morgan fingerprint density at radius 2 is 2.00 bits per heavy atom. The van der Waals surface area contributed by atoms with Crippen molar-refractivity contribution in [2.24, 2.45) is 0 Å². The van der Waals surface area contributed by atoms with Crippen molar-refractivity contribution in [2.45, 2.75) is 25.3 Å². The van der Waals surface area contributed by atoms with Gasteiger partial charge >= 0.3 is 0 Å². The maximum Gasteiger partial charge on any atom is 0.265 e. The van der Waals surface area contributed by atoms with Crippen LogP contribution in [0.3, 0.4) is 0 Å². The number of furan rings is 1. The van der Waals surface area contributed by atoms with Crippen molar-refractivity contribution in [2.75, 3.05) is 4.72 Å². The number of nitrogens with one attached hydrogen (secondary N) is 1. The van der Waals surface area contributed by atoms with E-state index in [1.54, 1.807) is 25.1 Å². The lowest BCUT2D eigenvalue weighted by Gasteiger charge is -2.10. The quantitative estimate of drug-likeness (QED) is 0.830. The Morgan fingerprint density at radius 1 is 1.33 bits per heavy atom. The third-order valence-corrected chi connectivity index (χ3v) is 5.29. The first-order chi connectivity index (χ1) is 9.76. The largest absolute Gasteiger partial charge is 0.465 e. The van der Waals surface area contributed by atoms with Crippen LogP contribution in [0.5, 0.6) is 0 Å². The number of aliphatic hydroxyl groups excluding tert-OH is 1. The van der Waals surface area contributed by atoms with Gasteiger partial charge in [-0.1, -0.05) is 27.5 Å². The summed E-state index contributed by atoms with van der Waals surface area (Å²) in [6, 6.07) is 4.80. The minimum atomic E-state index is -3.90. The van der Waals surface area contributed by atoms with Gasteiger partial charge in [0.25, 0.3) is 10.0 Å². The Labute approximate surface area is 136 Å². The van der Waals surface area contributed by atoms with Crippen molar-refractivity contribution in [1.29, 1.82) is 0 Å². The molecule has 0 amide bonds. The number of anilines is 1. The van der Waals surface area contributed by atoms with Crippen LogP contribution in [0.4, 0.5) is 5.69 Å². The third kappa shape index (κ3) is 3.26. The van der Waals surface area contributed by atoms with Gasteiger partial charge in [0, 0.05) is 10.0 Å². The highest BCUT2D eigenvalue weighted by Gasteiger charge is 2.27. The molecule has 2 N–H and O–H groups in total. The van der Waals surface area contributed by atoms with Crippen LogP contribution in [0, 0.1) is 13.8 Å². The third-order valence-electron chi connectivity index (χ3n) is 2.93. The number of aryl methyl sites for hydroxylation is 2. The molecule has 0 atom stereocenters. The van der Waals surface area contributed by atoms with E-state index in [0.29, 0.717) is 5.76 Å². The molecule has 0 radical (unpaired) electrons. The predicted octanol–water partition coefficient (Wildman–Crippen LogP) is 3.61. The number of aliphatic hydroxyl groups is 1. The lowest BCUT2D eigenvalue weighted by molar-refractivity contribution is 0.276. The molecule has 5 nitrogen and oxygen atoms in total. The SMILES string of the molecule is Cc1oc(C)c(S(=O)(=O)Nc2ccc(Br)cc2Cl)c1CO. The summed E-state index contributed by atoms with van der Waals surface area (Å²) in [5.74, 6) is 0.592. The highest BCUT2D eigenvalue weighted by atomic mass is 79.9. The van der Waals surface area contributed by atoms with E-state index >= 15 is 0 Å². The summed E-state index contributed by atoms with van der Waals surface area (Å²) in [7, 11) is -3.90. The zero-order valence-electron chi connectivity index (χ0n) is 11.3. The maximum atomic E-state index is 12.5. The van der Waals surface area contributed by atoms with Crippen LogP contribution in [0.2, 0.25) is 5.02 Å². The second-order valence-corrected chi connectivity index (χ2v) is 7.35. The molecule has 0 saturated heterocycles. The van der Waals surface area contributed by atoms with Crippen molar-refractivity contribution in [1.82, 2.24) is 0 Å². The van der Waals surface area contributed by atoms with Gasteiger partial charge < -0.3 is 9.52 Å². The van der Waals surface area contributed by atoms with Gasteiger partial charge in [0.2, 0.25) is 0 Å². The number of rotatable bonds is 4. The summed E-state index contributed by atoms with van der Waals surface area (Å²) in [5, 5.41) is 9.61.